The highest BCUT2D eigenvalue weighted by molar-refractivity contribution is 5.82. The fraction of sp³-hybridized carbons (Fsp3) is 0.941. The maximum atomic E-state index is 12.9. The van der Waals surface area contributed by atoms with Gasteiger partial charge in [-0.25, -0.2) is 0 Å². The fourth-order valence-electron chi connectivity index (χ4n) is 4.67. The third-order valence-corrected chi connectivity index (χ3v) is 6.32. The Morgan fingerprint density at radius 3 is 2.71 bits per heavy atom. The number of hydrogen-bond donors (Lipinski definition) is 1. The minimum absolute atomic E-state index is 0.320. The fourth-order valence-corrected chi connectivity index (χ4v) is 4.67. The van der Waals surface area contributed by atoms with Gasteiger partial charge in [0.2, 0.25) is 5.91 Å². The van der Waals surface area contributed by atoms with E-state index in [2.05, 4.69) is 36.0 Å². The van der Waals surface area contributed by atoms with Crippen molar-refractivity contribution in [1.29, 1.82) is 0 Å². The molecule has 2 saturated heterocycles. The molecule has 1 amide bonds. The average molecular weight is 293 g/mol. The summed E-state index contributed by atoms with van der Waals surface area (Å²) in [5, 5.41) is 3.42. The summed E-state index contributed by atoms with van der Waals surface area (Å²) in [7, 11) is 2.05. The Morgan fingerprint density at radius 2 is 2.10 bits per heavy atom. The van der Waals surface area contributed by atoms with Crippen molar-refractivity contribution in [2.75, 3.05) is 39.8 Å². The Hall–Kier alpha value is -0.610. The predicted octanol–water partition coefficient (Wildman–Crippen LogP) is 1.56. The Balaban J connectivity index is 1.58. The second-order valence-corrected chi connectivity index (χ2v) is 7.54. The van der Waals surface area contributed by atoms with Crippen LogP contribution in [0.25, 0.3) is 0 Å². The highest BCUT2D eigenvalue weighted by Crippen LogP contribution is 2.59. The molecule has 120 valence electrons. The molecule has 4 heteroatoms. The Morgan fingerprint density at radius 1 is 1.38 bits per heavy atom. The summed E-state index contributed by atoms with van der Waals surface area (Å²) in [6.07, 6.45) is 4.67. The van der Waals surface area contributed by atoms with Crippen molar-refractivity contribution >= 4 is 5.91 Å². The summed E-state index contributed by atoms with van der Waals surface area (Å²) in [6, 6.07) is 0.444. The summed E-state index contributed by atoms with van der Waals surface area (Å²) >= 11 is 0. The van der Waals surface area contributed by atoms with Crippen molar-refractivity contribution in [3.63, 3.8) is 0 Å². The second kappa shape index (κ2) is 5.88. The van der Waals surface area contributed by atoms with E-state index in [0.717, 1.165) is 45.6 Å². The van der Waals surface area contributed by atoms with E-state index >= 15 is 0 Å². The van der Waals surface area contributed by atoms with E-state index in [0.29, 0.717) is 29.2 Å². The predicted molar refractivity (Wildman–Crippen MR) is 85.1 cm³/mol. The average Bonchev–Trinajstić information content (AvgIpc) is 3.19. The summed E-state index contributed by atoms with van der Waals surface area (Å²) < 4.78 is 0. The van der Waals surface area contributed by atoms with Crippen LogP contribution in [0, 0.1) is 17.3 Å². The zero-order chi connectivity index (χ0) is 15.0. The lowest BCUT2D eigenvalue weighted by Crippen LogP contribution is -2.51. The van der Waals surface area contributed by atoms with Gasteiger partial charge in [-0.2, -0.15) is 0 Å². The molecule has 0 aromatic rings. The van der Waals surface area contributed by atoms with E-state index < -0.39 is 0 Å². The van der Waals surface area contributed by atoms with Crippen molar-refractivity contribution in [2.45, 2.75) is 45.6 Å². The molecule has 2 heterocycles. The summed E-state index contributed by atoms with van der Waals surface area (Å²) in [5.74, 6) is 1.34. The number of nitrogens with zero attached hydrogens (tertiary/aromatic N) is 2. The number of carbonyl (C=O) groups is 1. The van der Waals surface area contributed by atoms with Crippen LogP contribution in [0.5, 0.6) is 0 Å². The van der Waals surface area contributed by atoms with Gasteiger partial charge < -0.3 is 15.1 Å². The maximum Gasteiger partial charge on any atom is 0.226 e. The topological polar surface area (TPSA) is 35.6 Å². The standard InChI is InChI=1S/C17H31N3O/c1-4-20-10-5-15(13(2)12-20)19(3)16(21)14-11-17(14)6-8-18-9-7-17/h13-15,18H,4-12H2,1-3H3/t13-,14-,15-/m0/s1. The molecule has 21 heavy (non-hydrogen) atoms. The van der Waals surface area contributed by atoms with Gasteiger partial charge in [-0.3, -0.25) is 4.79 Å². The van der Waals surface area contributed by atoms with E-state index in [4.69, 9.17) is 0 Å². The van der Waals surface area contributed by atoms with Crippen LogP contribution < -0.4 is 5.32 Å². The lowest BCUT2D eigenvalue weighted by molar-refractivity contribution is -0.136. The van der Waals surface area contributed by atoms with Crippen LogP contribution in [-0.4, -0.2) is 61.5 Å². The van der Waals surface area contributed by atoms with Gasteiger partial charge in [0.15, 0.2) is 0 Å². The number of likely N-dealkylation sites (tertiary alicyclic amines) is 1. The van der Waals surface area contributed by atoms with Gasteiger partial charge in [-0.05, 0) is 56.7 Å². The zero-order valence-corrected chi connectivity index (χ0v) is 13.9. The van der Waals surface area contributed by atoms with Crippen LogP contribution in [0.4, 0.5) is 0 Å². The first-order valence-electron chi connectivity index (χ1n) is 8.77. The number of amides is 1. The molecule has 1 spiro atoms. The smallest absolute Gasteiger partial charge is 0.226 e. The minimum atomic E-state index is 0.320. The van der Waals surface area contributed by atoms with Gasteiger partial charge in [0, 0.05) is 32.1 Å². The first-order chi connectivity index (χ1) is 10.1. The largest absolute Gasteiger partial charge is 0.342 e. The lowest BCUT2D eigenvalue weighted by Gasteiger charge is -2.41. The second-order valence-electron chi connectivity index (χ2n) is 7.54. The molecule has 0 unspecified atom stereocenters. The Bertz CT molecular complexity index is 391. The first kappa shape index (κ1) is 15.3. The van der Waals surface area contributed by atoms with Crippen molar-refractivity contribution in [2.24, 2.45) is 17.3 Å². The van der Waals surface area contributed by atoms with Crippen molar-refractivity contribution in [3.05, 3.63) is 0 Å². The number of hydrogen-bond acceptors (Lipinski definition) is 3. The van der Waals surface area contributed by atoms with Gasteiger partial charge in [0.1, 0.15) is 0 Å². The molecule has 0 aromatic carbocycles. The molecule has 1 aliphatic carbocycles. The van der Waals surface area contributed by atoms with E-state index in [9.17, 15) is 4.79 Å². The lowest BCUT2D eigenvalue weighted by atomic mass is 9.90. The minimum Gasteiger partial charge on any atom is -0.342 e. The molecule has 1 saturated carbocycles. The van der Waals surface area contributed by atoms with E-state index in [-0.39, 0.29) is 0 Å². The highest BCUT2D eigenvalue weighted by atomic mass is 16.2. The molecule has 3 fully saturated rings. The van der Waals surface area contributed by atoms with Crippen LogP contribution in [0.2, 0.25) is 0 Å². The number of carbonyl (C=O) groups excluding carboxylic acids is 1. The molecule has 3 rings (SSSR count). The third-order valence-electron chi connectivity index (χ3n) is 6.32. The molecule has 3 aliphatic rings. The Kier molecular flexibility index (Phi) is 4.28. The molecule has 0 bridgehead atoms. The molecular formula is C17H31N3O. The van der Waals surface area contributed by atoms with Crippen molar-refractivity contribution in [1.82, 2.24) is 15.1 Å². The number of rotatable bonds is 3. The van der Waals surface area contributed by atoms with Crippen molar-refractivity contribution < 1.29 is 4.79 Å². The number of piperidine rings is 2. The molecule has 2 aliphatic heterocycles. The SMILES string of the molecule is CCN1CC[C@H](N(C)C(=O)[C@@H]2CC23CCNCC3)[C@@H](C)C1. The third kappa shape index (κ3) is 2.85. The monoisotopic (exact) mass is 293 g/mol. The van der Waals surface area contributed by atoms with Crippen molar-refractivity contribution in [3.8, 4) is 0 Å². The van der Waals surface area contributed by atoms with Crippen LogP contribution in [0.1, 0.15) is 39.5 Å². The molecule has 3 atom stereocenters. The summed E-state index contributed by atoms with van der Waals surface area (Å²) in [5.41, 5.74) is 0.365. The Labute approximate surface area is 129 Å². The zero-order valence-electron chi connectivity index (χ0n) is 13.9. The van der Waals surface area contributed by atoms with E-state index in [1.165, 1.54) is 12.8 Å². The van der Waals surface area contributed by atoms with Crippen LogP contribution in [0.3, 0.4) is 0 Å². The van der Waals surface area contributed by atoms with Gasteiger partial charge in [-0.15, -0.1) is 0 Å². The molecule has 0 aromatic heterocycles. The molecule has 0 radical (unpaired) electrons. The summed E-state index contributed by atoms with van der Waals surface area (Å²) in [4.78, 5) is 17.5. The normalized spacial score (nSPS) is 35.7. The van der Waals surface area contributed by atoms with Gasteiger partial charge in [-0.1, -0.05) is 13.8 Å². The highest BCUT2D eigenvalue weighted by Gasteiger charge is 2.58. The van der Waals surface area contributed by atoms with E-state index in [1.54, 1.807) is 0 Å². The molecule has 1 N–H and O–H groups in total. The molecule has 4 nitrogen and oxygen atoms in total. The summed E-state index contributed by atoms with van der Waals surface area (Å²) in [6.45, 7) is 10.1. The van der Waals surface area contributed by atoms with Crippen LogP contribution in [-0.2, 0) is 4.79 Å². The maximum absolute atomic E-state index is 12.9. The first-order valence-corrected chi connectivity index (χ1v) is 8.77. The molecular weight excluding hydrogens is 262 g/mol. The van der Waals surface area contributed by atoms with Crippen LogP contribution >= 0.6 is 0 Å². The van der Waals surface area contributed by atoms with Gasteiger partial charge >= 0.3 is 0 Å². The number of nitrogens with one attached hydrogen (secondary N) is 1. The quantitative estimate of drug-likeness (QED) is 0.858. The van der Waals surface area contributed by atoms with E-state index in [1.807, 2.05) is 0 Å². The van der Waals surface area contributed by atoms with Crippen LogP contribution in [0.15, 0.2) is 0 Å². The van der Waals surface area contributed by atoms with Gasteiger partial charge in [0.25, 0.3) is 0 Å². The van der Waals surface area contributed by atoms with Gasteiger partial charge in [0.05, 0.1) is 0 Å².